The number of unbranched alkanes of at least 4 members (excludes halogenated alkanes) is 1. The lowest BCUT2D eigenvalue weighted by molar-refractivity contribution is 0.0905. The molecule has 0 spiro atoms. The fourth-order valence-electron chi connectivity index (χ4n) is 3.89. The van der Waals surface area contributed by atoms with E-state index in [1.54, 1.807) is 0 Å². The fourth-order valence-corrected chi connectivity index (χ4v) is 3.89. The smallest absolute Gasteiger partial charge is 0.273 e. The molecule has 3 heterocycles. The van der Waals surface area contributed by atoms with E-state index < -0.39 is 0 Å². The molecule has 156 valence electrons. The molecule has 3 rings (SSSR count). The van der Waals surface area contributed by atoms with E-state index in [1.165, 1.54) is 19.4 Å². The van der Waals surface area contributed by atoms with E-state index in [-0.39, 0.29) is 36.8 Å². The predicted molar refractivity (Wildman–Crippen MR) is 112 cm³/mol. The molecule has 1 aromatic rings. The van der Waals surface area contributed by atoms with Crippen molar-refractivity contribution in [2.45, 2.75) is 64.5 Å². The highest BCUT2D eigenvalue weighted by Crippen LogP contribution is 2.20. The fraction of sp³-hybridized carbons (Fsp3) is 0.833. The summed E-state index contributed by atoms with van der Waals surface area (Å²) in [5.41, 5.74) is 1.39. The first-order chi connectivity index (χ1) is 12.2. The highest BCUT2D eigenvalue weighted by Gasteiger charge is 2.25. The van der Waals surface area contributed by atoms with Crippen LogP contribution in [-0.4, -0.2) is 64.6 Å². The average Bonchev–Trinajstić information content (AvgIpc) is 3.03. The third-order valence-electron chi connectivity index (χ3n) is 5.55. The van der Waals surface area contributed by atoms with Gasteiger partial charge in [-0.3, -0.25) is 4.79 Å². The molecule has 0 radical (unpaired) electrons. The molecule has 2 fully saturated rings. The summed E-state index contributed by atoms with van der Waals surface area (Å²) in [5.74, 6) is -0.0651. The Labute approximate surface area is 174 Å². The summed E-state index contributed by atoms with van der Waals surface area (Å²) in [6.45, 7) is 9.53. The molecule has 2 saturated heterocycles. The first-order valence-electron chi connectivity index (χ1n) is 9.84. The van der Waals surface area contributed by atoms with Crippen LogP contribution in [-0.2, 0) is 0 Å². The van der Waals surface area contributed by atoms with Crippen molar-refractivity contribution < 1.29 is 4.79 Å². The van der Waals surface area contributed by atoms with E-state index in [9.17, 15) is 4.79 Å². The lowest BCUT2D eigenvalue weighted by atomic mass is 10.0. The second-order valence-corrected chi connectivity index (χ2v) is 7.39. The van der Waals surface area contributed by atoms with Crippen molar-refractivity contribution in [2.24, 2.45) is 0 Å². The molecule has 9 heteroatoms. The van der Waals surface area contributed by atoms with Gasteiger partial charge in [0.2, 0.25) is 0 Å². The highest BCUT2D eigenvalue weighted by molar-refractivity contribution is 5.93. The van der Waals surface area contributed by atoms with Crippen LogP contribution < -0.4 is 10.6 Å². The number of rotatable bonds is 6. The minimum Gasteiger partial charge on any atom is -0.348 e. The van der Waals surface area contributed by atoms with Crippen LogP contribution in [0.15, 0.2) is 0 Å². The van der Waals surface area contributed by atoms with E-state index >= 15 is 0 Å². The Bertz CT molecular complexity index is 568. The van der Waals surface area contributed by atoms with Gasteiger partial charge in [-0.25, -0.2) is 4.68 Å². The molecule has 1 amide bonds. The van der Waals surface area contributed by atoms with E-state index in [0.717, 1.165) is 57.6 Å². The van der Waals surface area contributed by atoms with Gasteiger partial charge in [0, 0.05) is 19.1 Å². The van der Waals surface area contributed by atoms with Gasteiger partial charge < -0.3 is 15.5 Å². The summed E-state index contributed by atoms with van der Waals surface area (Å²) < 4.78 is 1.95. The van der Waals surface area contributed by atoms with Gasteiger partial charge in [-0.1, -0.05) is 18.6 Å². The molecule has 0 aromatic carbocycles. The Balaban J connectivity index is 0.00000182. The molecule has 0 aliphatic carbocycles. The summed E-state index contributed by atoms with van der Waals surface area (Å²) in [7, 11) is 0. The molecule has 2 aliphatic rings. The predicted octanol–water partition coefficient (Wildman–Crippen LogP) is 2.35. The molecule has 2 N–H and O–H groups in total. The molecule has 7 nitrogen and oxygen atoms in total. The van der Waals surface area contributed by atoms with Gasteiger partial charge in [-0.15, -0.1) is 29.9 Å². The largest absolute Gasteiger partial charge is 0.348 e. The number of hydrogen-bond acceptors (Lipinski definition) is 5. The van der Waals surface area contributed by atoms with Crippen molar-refractivity contribution in [2.75, 3.05) is 32.7 Å². The van der Waals surface area contributed by atoms with Crippen LogP contribution >= 0.6 is 24.8 Å². The molecular weight excluding hydrogens is 387 g/mol. The summed E-state index contributed by atoms with van der Waals surface area (Å²) in [6, 6.07) is 0.617. The molecule has 2 aliphatic heterocycles. The maximum Gasteiger partial charge on any atom is 0.273 e. The van der Waals surface area contributed by atoms with E-state index in [1.807, 2.05) is 11.6 Å². The van der Waals surface area contributed by atoms with E-state index in [2.05, 4.69) is 32.8 Å². The van der Waals surface area contributed by atoms with Gasteiger partial charge in [-0.2, -0.15) is 0 Å². The zero-order valence-corrected chi connectivity index (χ0v) is 18.1. The van der Waals surface area contributed by atoms with Crippen LogP contribution in [0.4, 0.5) is 0 Å². The van der Waals surface area contributed by atoms with Crippen LogP contribution in [0.3, 0.4) is 0 Å². The molecule has 0 bridgehead atoms. The molecule has 0 unspecified atom stereocenters. The Kier molecular flexibility index (Phi) is 10.6. The first-order valence-corrected chi connectivity index (χ1v) is 9.84. The van der Waals surface area contributed by atoms with Gasteiger partial charge >= 0.3 is 0 Å². The van der Waals surface area contributed by atoms with Gasteiger partial charge in [0.05, 0.1) is 11.7 Å². The quantitative estimate of drug-likeness (QED) is 0.738. The average molecular weight is 421 g/mol. The third kappa shape index (κ3) is 6.31. The lowest BCUT2D eigenvalue weighted by Crippen LogP contribution is -2.45. The summed E-state index contributed by atoms with van der Waals surface area (Å²) >= 11 is 0. The zero-order valence-electron chi connectivity index (χ0n) is 16.4. The molecule has 0 saturated carbocycles. The molecular formula is C18H34Cl2N6O. The number of halogens is 2. The summed E-state index contributed by atoms with van der Waals surface area (Å²) in [6.07, 6.45) is 6.63. The van der Waals surface area contributed by atoms with Gasteiger partial charge in [-0.05, 0) is 58.7 Å². The van der Waals surface area contributed by atoms with Crippen molar-refractivity contribution >= 4 is 30.7 Å². The lowest BCUT2D eigenvalue weighted by Gasteiger charge is -2.32. The Hall–Kier alpha value is -0.890. The maximum atomic E-state index is 12.6. The van der Waals surface area contributed by atoms with Crippen molar-refractivity contribution in [1.29, 1.82) is 0 Å². The number of nitrogens with zero attached hydrogens (tertiary/aromatic N) is 4. The third-order valence-corrected chi connectivity index (χ3v) is 5.55. The van der Waals surface area contributed by atoms with Crippen molar-refractivity contribution in [3.63, 3.8) is 0 Å². The minimum atomic E-state index is -0.0651. The van der Waals surface area contributed by atoms with Gasteiger partial charge in [0.15, 0.2) is 5.69 Å². The number of nitrogens with one attached hydrogen (secondary N) is 2. The monoisotopic (exact) mass is 420 g/mol. The number of aromatic nitrogens is 3. The number of carbonyl (C=O) groups excluding carboxylic acids is 1. The van der Waals surface area contributed by atoms with E-state index in [0.29, 0.717) is 11.7 Å². The topological polar surface area (TPSA) is 75.1 Å². The van der Waals surface area contributed by atoms with Crippen LogP contribution in [0.25, 0.3) is 0 Å². The maximum absolute atomic E-state index is 12.6. The highest BCUT2D eigenvalue weighted by atomic mass is 35.5. The van der Waals surface area contributed by atoms with Crippen molar-refractivity contribution in [1.82, 2.24) is 30.5 Å². The van der Waals surface area contributed by atoms with Crippen LogP contribution in [0.2, 0.25) is 0 Å². The van der Waals surface area contributed by atoms with Crippen LogP contribution in [0.5, 0.6) is 0 Å². The Morgan fingerprint density at radius 3 is 2.48 bits per heavy atom. The molecule has 0 atom stereocenters. The van der Waals surface area contributed by atoms with Crippen molar-refractivity contribution in [3.8, 4) is 0 Å². The van der Waals surface area contributed by atoms with Crippen LogP contribution in [0.1, 0.15) is 67.7 Å². The zero-order chi connectivity index (χ0) is 17.6. The first kappa shape index (κ1) is 24.1. The second-order valence-electron chi connectivity index (χ2n) is 7.39. The SMILES string of the molecule is CCCCN1CCC(NC(=O)c2nnn(C3CCNCC3)c2C)CC1.Cl.Cl. The second kappa shape index (κ2) is 11.8. The Morgan fingerprint density at radius 1 is 1.19 bits per heavy atom. The van der Waals surface area contributed by atoms with Gasteiger partial charge in [0.1, 0.15) is 0 Å². The number of likely N-dealkylation sites (tertiary alicyclic amines) is 1. The normalized spacial score (nSPS) is 19.2. The molecule has 27 heavy (non-hydrogen) atoms. The Morgan fingerprint density at radius 2 is 1.85 bits per heavy atom. The number of amides is 1. The summed E-state index contributed by atoms with van der Waals surface area (Å²) in [4.78, 5) is 15.1. The number of piperidine rings is 2. The molecule has 1 aromatic heterocycles. The standard InChI is InChI=1S/C18H32N6O.2ClH/c1-3-4-11-23-12-7-15(8-13-23)20-18(25)17-14(2)24(22-21-17)16-5-9-19-10-6-16;;/h15-16,19H,3-13H2,1-2H3,(H,20,25);2*1H. The minimum absolute atomic E-state index is 0. The van der Waals surface area contributed by atoms with Gasteiger partial charge in [0.25, 0.3) is 5.91 Å². The van der Waals surface area contributed by atoms with Crippen LogP contribution in [0, 0.1) is 6.92 Å². The number of carbonyl (C=O) groups is 1. The summed E-state index contributed by atoms with van der Waals surface area (Å²) in [5, 5.41) is 15.0. The van der Waals surface area contributed by atoms with Crippen molar-refractivity contribution in [3.05, 3.63) is 11.4 Å². The number of hydrogen-bond donors (Lipinski definition) is 2. The van der Waals surface area contributed by atoms with E-state index in [4.69, 9.17) is 0 Å².